The zero-order chi connectivity index (χ0) is 10.9. The molecule has 1 aromatic carbocycles. The molecule has 76 valence electrons. The molecular formula is C8H4F4O2. The summed E-state index contributed by atoms with van der Waals surface area (Å²) in [7, 11) is 0. The number of hydrogen-bond donors (Lipinski definition) is 1. The van der Waals surface area contributed by atoms with Gasteiger partial charge in [0.1, 0.15) is 0 Å². The molecule has 0 fully saturated rings. The van der Waals surface area contributed by atoms with Gasteiger partial charge in [-0.05, 0) is 0 Å². The number of carbonyl (C=O) groups is 1. The third-order valence-electron chi connectivity index (χ3n) is 1.53. The lowest BCUT2D eigenvalue weighted by Gasteiger charge is -2.03. The van der Waals surface area contributed by atoms with Gasteiger partial charge in [0.2, 0.25) is 0 Å². The van der Waals surface area contributed by atoms with Gasteiger partial charge in [0.05, 0.1) is 6.42 Å². The Bertz CT molecular complexity index is 363. The Kier molecular flexibility index (Phi) is 2.73. The lowest BCUT2D eigenvalue weighted by atomic mass is 10.1. The average molecular weight is 208 g/mol. The summed E-state index contributed by atoms with van der Waals surface area (Å²) in [5.41, 5.74) is -1.12. The van der Waals surface area contributed by atoms with Gasteiger partial charge in [-0.3, -0.25) is 4.79 Å². The summed E-state index contributed by atoms with van der Waals surface area (Å²) in [6.45, 7) is 0. The summed E-state index contributed by atoms with van der Waals surface area (Å²) < 4.78 is 50.5. The highest BCUT2D eigenvalue weighted by molar-refractivity contribution is 5.70. The molecule has 0 aliphatic carbocycles. The lowest BCUT2D eigenvalue weighted by molar-refractivity contribution is -0.136. The number of hydrogen-bond acceptors (Lipinski definition) is 1. The minimum Gasteiger partial charge on any atom is -0.481 e. The van der Waals surface area contributed by atoms with E-state index in [9.17, 15) is 22.4 Å². The Labute approximate surface area is 75.8 Å². The molecule has 0 aromatic heterocycles. The second kappa shape index (κ2) is 3.65. The van der Waals surface area contributed by atoms with Crippen molar-refractivity contribution in [2.75, 3.05) is 0 Å². The van der Waals surface area contributed by atoms with E-state index in [0.717, 1.165) is 0 Å². The maximum Gasteiger partial charge on any atom is 0.308 e. The van der Waals surface area contributed by atoms with E-state index in [2.05, 4.69) is 0 Å². The van der Waals surface area contributed by atoms with E-state index in [4.69, 9.17) is 5.11 Å². The predicted molar refractivity (Wildman–Crippen MR) is 37.6 cm³/mol. The fraction of sp³-hybridized carbons (Fsp3) is 0.125. The van der Waals surface area contributed by atoms with Crippen LogP contribution in [-0.2, 0) is 11.2 Å². The highest BCUT2D eigenvalue weighted by Gasteiger charge is 2.20. The molecule has 14 heavy (non-hydrogen) atoms. The molecule has 6 heteroatoms. The van der Waals surface area contributed by atoms with Crippen LogP contribution in [-0.4, -0.2) is 11.1 Å². The van der Waals surface area contributed by atoms with Crippen LogP contribution in [0.3, 0.4) is 0 Å². The monoisotopic (exact) mass is 208 g/mol. The van der Waals surface area contributed by atoms with Gasteiger partial charge in [0, 0.05) is 11.6 Å². The summed E-state index contributed by atoms with van der Waals surface area (Å²) in [6.07, 6.45) is -1.10. The van der Waals surface area contributed by atoms with Crippen LogP contribution in [0.2, 0.25) is 0 Å². The van der Waals surface area contributed by atoms with E-state index in [0.29, 0.717) is 0 Å². The van der Waals surface area contributed by atoms with Crippen LogP contribution >= 0.6 is 0 Å². The van der Waals surface area contributed by atoms with Crippen molar-refractivity contribution in [3.8, 4) is 0 Å². The van der Waals surface area contributed by atoms with Crippen LogP contribution < -0.4 is 0 Å². The average Bonchev–Trinajstić information content (AvgIpc) is 2.09. The molecule has 0 aliphatic rings. The molecule has 0 heterocycles. The Morgan fingerprint density at radius 1 is 1.14 bits per heavy atom. The number of carboxylic acids is 1. The van der Waals surface area contributed by atoms with Gasteiger partial charge in [-0.25, -0.2) is 17.6 Å². The fourth-order valence-corrected chi connectivity index (χ4v) is 0.929. The van der Waals surface area contributed by atoms with Crippen molar-refractivity contribution in [1.29, 1.82) is 0 Å². The van der Waals surface area contributed by atoms with Gasteiger partial charge in [-0.1, -0.05) is 0 Å². The van der Waals surface area contributed by atoms with Crippen molar-refractivity contribution in [3.05, 3.63) is 34.9 Å². The van der Waals surface area contributed by atoms with Crippen molar-refractivity contribution in [3.63, 3.8) is 0 Å². The van der Waals surface area contributed by atoms with Crippen LogP contribution in [0.25, 0.3) is 0 Å². The molecule has 0 atom stereocenters. The Balaban J connectivity index is 3.31. The van der Waals surface area contributed by atoms with Crippen LogP contribution in [0.1, 0.15) is 5.56 Å². The van der Waals surface area contributed by atoms with Gasteiger partial charge in [-0.2, -0.15) is 0 Å². The van der Waals surface area contributed by atoms with Crippen LogP contribution in [0.4, 0.5) is 17.6 Å². The van der Waals surface area contributed by atoms with Crippen LogP contribution in [0.5, 0.6) is 0 Å². The molecule has 0 amide bonds. The van der Waals surface area contributed by atoms with Crippen LogP contribution in [0.15, 0.2) is 6.07 Å². The Morgan fingerprint density at radius 3 is 1.93 bits per heavy atom. The highest BCUT2D eigenvalue weighted by Crippen LogP contribution is 2.19. The fourth-order valence-electron chi connectivity index (χ4n) is 0.929. The van der Waals surface area contributed by atoms with Gasteiger partial charge in [-0.15, -0.1) is 0 Å². The topological polar surface area (TPSA) is 37.3 Å². The van der Waals surface area contributed by atoms with Crippen molar-refractivity contribution in [1.82, 2.24) is 0 Å². The van der Waals surface area contributed by atoms with E-state index in [1.165, 1.54) is 0 Å². The molecule has 0 spiro atoms. The molecule has 0 bridgehead atoms. The van der Waals surface area contributed by atoms with E-state index in [1.54, 1.807) is 0 Å². The van der Waals surface area contributed by atoms with E-state index in [-0.39, 0.29) is 6.07 Å². The standard InChI is InChI=1S/C8H4F4O2/c9-4-2-5(10)8(12)3(7(4)11)1-6(13)14/h2H,1H2,(H,13,14). The summed E-state index contributed by atoms with van der Waals surface area (Å²) in [6, 6.07) is 0.0238. The summed E-state index contributed by atoms with van der Waals surface area (Å²) in [4.78, 5) is 10.1. The summed E-state index contributed by atoms with van der Waals surface area (Å²) in [5.74, 6) is -8.15. The minimum absolute atomic E-state index is 0.0238. The Morgan fingerprint density at radius 2 is 1.57 bits per heavy atom. The molecule has 1 rings (SSSR count). The normalized spacial score (nSPS) is 10.3. The second-order valence-corrected chi connectivity index (χ2v) is 2.52. The third-order valence-corrected chi connectivity index (χ3v) is 1.53. The smallest absolute Gasteiger partial charge is 0.308 e. The molecule has 1 aromatic rings. The minimum atomic E-state index is -1.67. The molecular weight excluding hydrogens is 204 g/mol. The third kappa shape index (κ3) is 1.84. The molecule has 0 unspecified atom stereocenters. The van der Waals surface area contributed by atoms with Crippen molar-refractivity contribution >= 4 is 5.97 Å². The molecule has 0 saturated carbocycles. The number of halogens is 4. The van der Waals surface area contributed by atoms with E-state index >= 15 is 0 Å². The first kappa shape index (κ1) is 10.5. The number of aliphatic carboxylic acids is 1. The maximum absolute atomic E-state index is 12.8. The zero-order valence-corrected chi connectivity index (χ0v) is 6.65. The molecule has 0 aliphatic heterocycles. The first-order chi connectivity index (χ1) is 6.43. The number of carboxylic acid groups (broad SMARTS) is 1. The molecule has 2 nitrogen and oxygen atoms in total. The first-order valence-electron chi connectivity index (χ1n) is 3.47. The number of rotatable bonds is 2. The lowest BCUT2D eigenvalue weighted by Crippen LogP contribution is -2.08. The van der Waals surface area contributed by atoms with Gasteiger partial charge in [0.25, 0.3) is 0 Å². The first-order valence-corrected chi connectivity index (χ1v) is 3.47. The van der Waals surface area contributed by atoms with Crippen molar-refractivity contribution < 1.29 is 27.5 Å². The summed E-state index contributed by atoms with van der Waals surface area (Å²) >= 11 is 0. The zero-order valence-electron chi connectivity index (χ0n) is 6.65. The van der Waals surface area contributed by atoms with Gasteiger partial charge in [0.15, 0.2) is 23.3 Å². The Hall–Kier alpha value is -1.59. The van der Waals surface area contributed by atoms with E-state index < -0.39 is 41.2 Å². The quantitative estimate of drug-likeness (QED) is 0.595. The second-order valence-electron chi connectivity index (χ2n) is 2.52. The van der Waals surface area contributed by atoms with Crippen molar-refractivity contribution in [2.24, 2.45) is 0 Å². The highest BCUT2D eigenvalue weighted by atomic mass is 19.2. The maximum atomic E-state index is 12.8. The SMILES string of the molecule is O=C(O)Cc1c(F)c(F)cc(F)c1F. The molecule has 1 N–H and O–H groups in total. The largest absolute Gasteiger partial charge is 0.481 e. The molecule has 0 radical (unpaired) electrons. The van der Waals surface area contributed by atoms with Crippen LogP contribution in [0, 0.1) is 23.3 Å². The number of benzene rings is 1. The van der Waals surface area contributed by atoms with E-state index in [1.807, 2.05) is 0 Å². The molecule has 0 saturated heterocycles. The summed E-state index contributed by atoms with van der Waals surface area (Å²) in [5, 5.41) is 8.22. The van der Waals surface area contributed by atoms with Crippen molar-refractivity contribution in [2.45, 2.75) is 6.42 Å². The van der Waals surface area contributed by atoms with Gasteiger partial charge >= 0.3 is 5.97 Å². The van der Waals surface area contributed by atoms with Gasteiger partial charge < -0.3 is 5.11 Å². The predicted octanol–water partition coefficient (Wildman–Crippen LogP) is 1.87.